The van der Waals surface area contributed by atoms with Gasteiger partial charge in [0.2, 0.25) is 0 Å². The average molecular weight is 262 g/mol. The molecule has 5 nitrogen and oxygen atoms in total. The molecule has 2 rings (SSSR count). The lowest BCUT2D eigenvalue weighted by Crippen LogP contribution is -2.51. The maximum Gasteiger partial charge on any atom is 0.321 e. The fourth-order valence-corrected chi connectivity index (χ4v) is 2.28. The van der Waals surface area contributed by atoms with Crippen LogP contribution in [0.3, 0.4) is 0 Å². The van der Waals surface area contributed by atoms with E-state index in [2.05, 4.69) is 5.32 Å². The number of carboxylic acids is 1. The first kappa shape index (κ1) is 13.7. The highest BCUT2D eigenvalue weighted by atomic mass is 16.4. The van der Waals surface area contributed by atoms with E-state index in [-0.39, 0.29) is 12.2 Å². The highest BCUT2D eigenvalue weighted by Gasteiger charge is 2.29. The molecule has 1 aliphatic heterocycles. The zero-order chi connectivity index (χ0) is 13.7. The molecule has 1 aromatic rings. The summed E-state index contributed by atoms with van der Waals surface area (Å²) in [5.74, 6) is -1.04. The highest BCUT2D eigenvalue weighted by Crippen LogP contribution is 2.11. The molecule has 0 spiro atoms. The van der Waals surface area contributed by atoms with Gasteiger partial charge in [-0.15, -0.1) is 0 Å². The van der Waals surface area contributed by atoms with Crippen molar-refractivity contribution in [2.45, 2.75) is 12.5 Å². The molecule has 0 unspecified atom stereocenters. The van der Waals surface area contributed by atoms with Crippen molar-refractivity contribution in [3.8, 4) is 0 Å². The van der Waals surface area contributed by atoms with E-state index < -0.39 is 12.0 Å². The number of carbonyl (C=O) groups is 2. The Hall–Kier alpha value is -1.72. The van der Waals surface area contributed by atoms with Gasteiger partial charge in [-0.1, -0.05) is 30.3 Å². The number of hydrogen-bond acceptors (Lipinski definition) is 4. The van der Waals surface area contributed by atoms with E-state index in [1.165, 1.54) is 0 Å². The molecule has 0 aromatic heterocycles. The van der Waals surface area contributed by atoms with Crippen molar-refractivity contribution < 1.29 is 14.7 Å². The van der Waals surface area contributed by atoms with E-state index in [0.717, 1.165) is 13.1 Å². The number of carboxylic acid groups (broad SMARTS) is 1. The second-order valence-corrected chi connectivity index (χ2v) is 4.63. The SMILES string of the molecule is O=C(C[C@H](C(=O)O)N1CCNCC1)c1ccccc1. The van der Waals surface area contributed by atoms with E-state index in [4.69, 9.17) is 0 Å². The molecule has 0 aliphatic carbocycles. The van der Waals surface area contributed by atoms with E-state index >= 15 is 0 Å². The average Bonchev–Trinajstić information content (AvgIpc) is 2.46. The van der Waals surface area contributed by atoms with Gasteiger partial charge in [0, 0.05) is 38.2 Å². The van der Waals surface area contributed by atoms with Crippen LogP contribution in [-0.2, 0) is 4.79 Å². The van der Waals surface area contributed by atoms with Crippen LogP contribution in [0.25, 0.3) is 0 Å². The van der Waals surface area contributed by atoms with Gasteiger partial charge in [-0.2, -0.15) is 0 Å². The lowest BCUT2D eigenvalue weighted by molar-refractivity contribution is -0.143. The molecule has 102 valence electrons. The minimum Gasteiger partial charge on any atom is -0.480 e. The predicted octanol–water partition coefficient (Wildman–Crippen LogP) is 0.618. The number of nitrogens with one attached hydrogen (secondary N) is 1. The summed E-state index contributed by atoms with van der Waals surface area (Å²) in [6, 6.07) is 8.12. The normalized spacial score (nSPS) is 17.9. The molecule has 1 atom stereocenters. The van der Waals surface area contributed by atoms with Gasteiger partial charge in [-0.3, -0.25) is 14.5 Å². The van der Waals surface area contributed by atoms with Gasteiger partial charge in [0.25, 0.3) is 0 Å². The number of nitrogens with zero attached hydrogens (tertiary/aromatic N) is 1. The summed E-state index contributed by atoms with van der Waals surface area (Å²) in [7, 11) is 0. The van der Waals surface area contributed by atoms with Crippen molar-refractivity contribution in [2.24, 2.45) is 0 Å². The third-order valence-corrected chi connectivity index (χ3v) is 3.35. The molecule has 1 aromatic carbocycles. The van der Waals surface area contributed by atoms with Gasteiger partial charge in [0.15, 0.2) is 5.78 Å². The predicted molar refractivity (Wildman–Crippen MR) is 71.3 cm³/mol. The molecule has 0 bridgehead atoms. The molecule has 5 heteroatoms. The molecule has 1 heterocycles. The van der Waals surface area contributed by atoms with E-state index in [1.54, 1.807) is 24.3 Å². The Bertz CT molecular complexity index is 441. The minimum absolute atomic E-state index is 0.0271. The zero-order valence-corrected chi connectivity index (χ0v) is 10.7. The van der Waals surface area contributed by atoms with Crippen molar-refractivity contribution in [3.05, 3.63) is 35.9 Å². The highest BCUT2D eigenvalue weighted by molar-refractivity contribution is 5.98. The van der Waals surface area contributed by atoms with Crippen LogP contribution in [0.2, 0.25) is 0 Å². The first-order valence-electron chi connectivity index (χ1n) is 6.44. The Labute approximate surface area is 112 Å². The van der Waals surface area contributed by atoms with Crippen LogP contribution in [0.15, 0.2) is 30.3 Å². The van der Waals surface area contributed by atoms with E-state index in [0.29, 0.717) is 18.7 Å². The smallest absolute Gasteiger partial charge is 0.321 e. The summed E-state index contributed by atoms with van der Waals surface area (Å²) in [5, 5.41) is 12.5. The van der Waals surface area contributed by atoms with Crippen molar-refractivity contribution in [3.63, 3.8) is 0 Å². The monoisotopic (exact) mass is 262 g/mol. The number of aliphatic carboxylic acids is 1. The van der Waals surface area contributed by atoms with Crippen LogP contribution in [0, 0.1) is 0 Å². The number of hydrogen-bond donors (Lipinski definition) is 2. The molecular weight excluding hydrogens is 244 g/mol. The summed E-state index contributed by atoms with van der Waals surface area (Å²) < 4.78 is 0. The quantitative estimate of drug-likeness (QED) is 0.761. The fourth-order valence-electron chi connectivity index (χ4n) is 2.28. The molecule has 1 fully saturated rings. The Balaban J connectivity index is 2.04. The first-order valence-corrected chi connectivity index (χ1v) is 6.44. The van der Waals surface area contributed by atoms with Gasteiger partial charge >= 0.3 is 5.97 Å². The van der Waals surface area contributed by atoms with Crippen LogP contribution in [0.5, 0.6) is 0 Å². The standard InChI is InChI=1S/C14H18N2O3/c17-13(11-4-2-1-3-5-11)10-12(14(18)19)16-8-6-15-7-9-16/h1-5,12,15H,6-10H2,(H,18,19)/t12-/m1/s1. The summed E-state index contributed by atoms with van der Waals surface area (Å²) in [5.41, 5.74) is 0.573. The molecule has 2 N–H and O–H groups in total. The third kappa shape index (κ3) is 3.62. The van der Waals surface area contributed by atoms with Gasteiger partial charge < -0.3 is 10.4 Å². The summed E-state index contributed by atoms with van der Waals surface area (Å²) in [6.07, 6.45) is 0.0271. The lowest BCUT2D eigenvalue weighted by atomic mass is 10.0. The van der Waals surface area contributed by atoms with Crippen LogP contribution in [0.1, 0.15) is 16.8 Å². The number of piperazine rings is 1. The van der Waals surface area contributed by atoms with Crippen LogP contribution in [-0.4, -0.2) is 54.0 Å². The Morgan fingerprint density at radius 1 is 1.21 bits per heavy atom. The molecule has 0 saturated carbocycles. The second kappa shape index (κ2) is 6.45. The lowest BCUT2D eigenvalue weighted by Gasteiger charge is -2.32. The Kier molecular flexibility index (Phi) is 4.65. The third-order valence-electron chi connectivity index (χ3n) is 3.35. The van der Waals surface area contributed by atoms with Crippen LogP contribution >= 0.6 is 0 Å². The Morgan fingerprint density at radius 3 is 2.42 bits per heavy atom. The van der Waals surface area contributed by atoms with Crippen LogP contribution in [0.4, 0.5) is 0 Å². The largest absolute Gasteiger partial charge is 0.480 e. The number of benzene rings is 1. The van der Waals surface area contributed by atoms with Gasteiger partial charge in [0.05, 0.1) is 0 Å². The number of Topliss-reactive ketones (excluding diaryl/α,β-unsaturated/α-hetero) is 1. The van der Waals surface area contributed by atoms with Crippen LogP contribution < -0.4 is 5.32 Å². The molecule has 1 aliphatic rings. The van der Waals surface area contributed by atoms with Crippen molar-refractivity contribution in [2.75, 3.05) is 26.2 Å². The maximum atomic E-state index is 12.1. The maximum absolute atomic E-state index is 12.1. The summed E-state index contributed by atoms with van der Waals surface area (Å²) in [6.45, 7) is 2.87. The zero-order valence-electron chi connectivity index (χ0n) is 10.7. The second-order valence-electron chi connectivity index (χ2n) is 4.63. The number of rotatable bonds is 5. The molecule has 19 heavy (non-hydrogen) atoms. The van der Waals surface area contributed by atoms with Crippen molar-refractivity contribution in [1.82, 2.24) is 10.2 Å². The van der Waals surface area contributed by atoms with Gasteiger partial charge in [0.1, 0.15) is 6.04 Å². The summed E-state index contributed by atoms with van der Waals surface area (Å²) >= 11 is 0. The fraction of sp³-hybridized carbons (Fsp3) is 0.429. The Morgan fingerprint density at radius 2 is 1.84 bits per heavy atom. The first-order chi connectivity index (χ1) is 9.18. The number of ketones is 1. The molecule has 1 saturated heterocycles. The summed E-state index contributed by atoms with van der Waals surface area (Å²) in [4.78, 5) is 25.3. The van der Waals surface area contributed by atoms with Gasteiger partial charge in [-0.25, -0.2) is 0 Å². The van der Waals surface area contributed by atoms with E-state index in [1.807, 2.05) is 11.0 Å². The topological polar surface area (TPSA) is 69.6 Å². The van der Waals surface area contributed by atoms with Gasteiger partial charge in [-0.05, 0) is 0 Å². The molecule has 0 radical (unpaired) electrons. The van der Waals surface area contributed by atoms with Crippen molar-refractivity contribution >= 4 is 11.8 Å². The minimum atomic E-state index is -0.925. The molecule has 0 amide bonds. The van der Waals surface area contributed by atoms with Crippen molar-refractivity contribution in [1.29, 1.82) is 0 Å². The molecular formula is C14H18N2O3. The number of carbonyl (C=O) groups excluding carboxylic acids is 1. The van der Waals surface area contributed by atoms with E-state index in [9.17, 15) is 14.7 Å².